The van der Waals surface area contributed by atoms with Gasteiger partial charge in [0.2, 0.25) is 5.88 Å². The molecule has 1 aromatic carbocycles. The summed E-state index contributed by atoms with van der Waals surface area (Å²) in [5.41, 5.74) is 8.68. The van der Waals surface area contributed by atoms with E-state index < -0.39 is 0 Å². The lowest BCUT2D eigenvalue weighted by Crippen LogP contribution is -2.31. The number of anilines is 2. The standard InChI is InChI=1S/C22H25N5O2/c1-3-18(24)22(15-9-11-26-21(13-15)28-2)29-17-7-8-19(16(12-17)14-23)27-20-6-4-5-10-25-20/h4-14,18,22-23H,3,24H2,1-2H3,(H,25,27). The maximum absolute atomic E-state index is 7.78. The molecule has 3 aromatic rings. The Balaban J connectivity index is 1.86. The number of rotatable bonds is 9. The van der Waals surface area contributed by atoms with Crippen molar-refractivity contribution in [3.05, 3.63) is 72.1 Å². The van der Waals surface area contributed by atoms with Gasteiger partial charge in [-0.2, -0.15) is 0 Å². The molecule has 150 valence electrons. The second-order valence-electron chi connectivity index (χ2n) is 6.48. The zero-order valence-electron chi connectivity index (χ0n) is 16.5. The molecule has 0 bridgehead atoms. The molecule has 0 fully saturated rings. The van der Waals surface area contributed by atoms with Crippen molar-refractivity contribution in [3.63, 3.8) is 0 Å². The normalized spacial score (nSPS) is 12.7. The van der Waals surface area contributed by atoms with Crippen molar-refractivity contribution < 1.29 is 9.47 Å². The minimum absolute atomic E-state index is 0.211. The Morgan fingerprint density at radius 3 is 2.69 bits per heavy atom. The summed E-state index contributed by atoms with van der Waals surface area (Å²) < 4.78 is 11.5. The molecule has 4 N–H and O–H groups in total. The van der Waals surface area contributed by atoms with Gasteiger partial charge < -0.3 is 25.9 Å². The maximum atomic E-state index is 7.78. The largest absolute Gasteiger partial charge is 0.484 e. The number of nitrogens with one attached hydrogen (secondary N) is 2. The number of pyridine rings is 2. The fourth-order valence-electron chi connectivity index (χ4n) is 2.90. The third-order valence-corrected chi connectivity index (χ3v) is 4.53. The molecule has 0 saturated heterocycles. The Labute approximate surface area is 170 Å². The topological polar surface area (TPSA) is 106 Å². The van der Waals surface area contributed by atoms with Gasteiger partial charge in [0.25, 0.3) is 0 Å². The van der Waals surface area contributed by atoms with Gasteiger partial charge in [-0.15, -0.1) is 0 Å². The summed E-state index contributed by atoms with van der Waals surface area (Å²) in [6.45, 7) is 2.02. The lowest BCUT2D eigenvalue weighted by Gasteiger charge is -2.25. The summed E-state index contributed by atoms with van der Waals surface area (Å²) in [7, 11) is 1.57. The van der Waals surface area contributed by atoms with Crippen LogP contribution in [0.4, 0.5) is 11.5 Å². The molecule has 3 rings (SSSR count). The highest BCUT2D eigenvalue weighted by Crippen LogP contribution is 2.30. The number of hydrogen-bond donors (Lipinski definition) is 3. The summed E-state index contributed by atoms with van der Waals surface area (Å²) in [5.74, 6) is 1.84. The van der Waals surface area contributed by atoms with Crippen molar-refractivity contribution >= 4 is 17.7 Å². The quantitative estimate of drug-likeness (QED) is 0.475. The van der Waals surface area contributed by atoms with Crippen LogP contribution in [-0.4, -0.2) is 29.3 Å². The molecule has 0 aliphatic rings. The van der Waals surface area contributed by atoms with Gasteiger partial charge in [-0.1, -0.05) is 13.0 Å². The van der Waals surface area contributed by atoms with Crippen LogP contribution in [-0.2, 0) is 0 Å². The number of ether oxygens (including phenoxy) is 2. The number of nitrogens with two attached hydrogens (primary N) is 1. The van der Waals surface area contributed by atoms with Crippen LogP contribution in [0.25, 0.3) is 0 Å². The van der Waals surface area contributed by atoms with Gasteiger partial charge in [0, 0.05) is 47.5 Å². The van der Waals surface area contributed by atoms with Crippen LogP contribution in [0.1, 0.15) is 30.6 Å². The first-order valence-electron chi connectivity index (χ1n) is 9.39. The van der Waals surface area contributed by atoms with Crippen molar-refractivity contribution in [2.75, 3.05) is 12.4 Å². The molecule has 2 atom stereocenters. The maximum Gasteiger partial charge on any atom is 0.213 e. The molecule has 0 saturated carbocycles. The molecule has 0 spiro atoms. The molecule has 7 nitrogen and oxygen atoms in total. The minimum Gasteiger partial charge on any atom is -0.484 e. The highest BCUT2D eigenvalue weighted by Gasteiger charge is 2.22. The zero-order chi connectivity index (χ0) is 20.6. The number of hydrogen-bond acceptors (Lipinski definition) is 7. The van der Waals surface area contributed by atoms with Crippen molar-refractivity contribution in [2.45, 2.75) is 25.5 Å². The van der Waals surface area contributed by atoms with E-state index in [1.807, 2.05) is 55.5 Å². The van der Waals surface area contributed by atoms with Crippen molar-refractivity contribution in [3.8, 4) is 11.6 Å². The molecule has 0 amide bonds. The fourth-order valence-corrected chi connectivity index (χ4v) is 2.90. The number of methoxy groups -OCH3 is 1. The van der Waals surface area contributed by atoms with E-state index in [9.17, 15) is 0 Å². The second-order valence-corrected chi connectivity index (χ2v) is 6.48. The van der Waals surface area contributed by atoms with E-state index in [1.54, 1.807) is 19.5 Å². The average Bonchev–Trinajstić information content (AvgIpc) is 2.78. The summed E-state index contributed by atoms with van der Waals surface area (Å²) >= 11 is 0. The summed E-state index contributed by atoms with van der Waals surface area (Å²) in [6, 6.07) is 14.6. The van der Waals surface area contributed by atoms with Gasteiger partial charge in [-0.25, -0.2) is 9.97 Å². The van der Waals surface area contributed by atoms with Gasteiger partial charge in [0.1, 0.15) is 17.7 Å². The van der Waals surface area contributed by atoms with Crippen molar-refractivity contribution in [2.24, 2.45) is 5.73 Å². The highest BCUT2D eigenvalue weighted by molar-refractivity contribution is 5.87. The third kappa shape index (κ3) is 5.08. The van der Waals surface area contributed by atoms with Crippen LogP contribution in [0.15, 0.2) is 60.9 Å². The molecule has 0 aliphatic carbocycles. The highest BCUT2D eigenvalue weighted by atomic mass is 16.5. The first-order valence-corrected chi connectivity index (χ1v) is 9.39. The fraction of sp³-hybridized carbons (Fsp3) is 0.227. The SMILES string of the molecule is CCC(N)C(Oc1ccc(Nc2ccccn2)c(C=N)c1)c1ccnc(OC)c1. The molecule has 7 heteroatoms. The lowest BCUT2D eigenvalue weighted by atomic mass is 10.0. The second kappa shape index (κ2) is 9.66. The van der Waals surface area contributed by atoms with Gasteiger partial charge in [-0.3, -0.25) is 0 Å². The van der Waals surface area contributed by atoms with E-state index in [2.05, 4.69) is 15.3 Å². The average molecular weight is 391 g/mol. The number of benzene rings is 1. The monoisotopic (exact) mass is 391 g/mol. The van der Waals surface area contributed by atoms with Gasteiger partial charge >= 0.3 is 0 Å². The van der Waals surface area contributed by atoms with Crippen LogP contribution in [0, 0.1) is 5.41 Å². The van der Waals surface area contributed by atoms with E-state index in [0.717, 1.165) is 17.7 Å². The zero-order valence-corrected chi connectivity index (χ0v) is 16.5. The van der Waals surface area contributed by atoms with Crippen LogP contribution < -0.4 is 20.5 Å². The molecule has 2 aromatic heterocycles. The van der Waals surface area contributed by atoms with Crippen LogP contribution in [0.3, 0.4) is 0 Å². The van der Waals surface area contributed by atoms with Crippen LogP contribution in [0.2, 0.25) is 0 Å². The van der Waals surface area contributed by atoms with Crippen LogP contribution >= 0.6 is 0 Å². The molecule has 2 heterocycles. The van der Waals surface area contributed by atoms with Crippen molar-refractivity contribution in [1.82, 2.24) is 9.97 Å². The van der Waals surface area contributed by atoms with E-state index in [-0.39, 0.29) is 12.1 Å². The Kier molecular flexibility index (Phi) is 6.76. The Hall–Kier alpha value is -3.45. The van der Waals surface area contributed by atoms with Crippen molar-refractivity contribution in [1.29, 1.82) is 5.41 Å². The summed E-state index contributed by atoms with van der Waals surface area (Å²) in [5, 5.41) is 11.0. The van der Waals surface area contributed by atoms with E-state index >= 15 is 0 Å². The Bertz CT molecular complexity index is 949. The molecule has 0 radical (unpaired) electrons. The molecular weight excluding hydrogens is 366 g/mol. The first kappa shape index (κ1) is 20.3. The molecule has 0 aliphatic heterocycles. The third-order valence-electron chi connectivity index (χ3n) is 4.53. The smallest absolute Gasteiger partial charge is 0.213 e. The van der Waals surface area contributed by atoms with E-state index in [1.165, 1.54) is 6.21 Å². The van der Waals surface area contributed by atoms with Gasteiger partial charge in [0.05, 0.1) is 7.11 Å². The van der Waals surface area contributed by atoms with Crippen LogP contribution in [0.5, 0.6) is 11.6 Å². The summed E-state index contributed by atoms with van der Waals surface area (Å²) in [6.07, 6.45) is 5.04. The lowest BCUT2D eigenvalue weighted by molar-refractivity contribution is 0.170. The minimum atomic E-state index is -0.370. The molecule has 2 unspecified atom stereocenters. The molecular formula is C22H25N5O2. The Morgan fingerprint density at radius 2 is 2.00 bits per heavy atom. The predicted octanol–water partition coefficient (Wildman–Crippen LogP) is 4.08. The first-order chi connectivity index (χ1) is 14.1. The number of nitrogens with zero attached hydrogens (tertiary/aromatic N) is 2. The number of aromatic nitrogens is 2. The molecule has 29 heavy (non-hydrogen) atoms. The predicted molar refractivity (Wildman–Crippen MR) is 114 cm³/mol. The summed E-state index contributed by atoms with van der Waals surface area (Å²) in [4.78, 5) is 8.41. The Morgan fingerprint density at radius 1 is 1.14 bits per heavy atom. The van der Waals surface area contributed by atoms with Gasteiger partial charge in [-0.05, 0) is 42.8 Å². The van der Waals surface area contributed by atoms with E-state index in [0.29, 0.717) is 23.0 Å². The van der Waals surface area contributed by atoms with Gasteiger partial charge in [0.15, 0.2) is 0 Å². The van der Waals surface area contributed by atoms with E-state index in [4.69, 9.17) is 20.6 Å².